The molecular formula is C22H28ClFO5. The van der Waals surface area contributed by atoms with E-state index in [0.29, 0.717) is 12.8 Å². The second-order valence-electron chi connectivity index (χ2n) is 9.89. The number of carbonyl (C=O) groups excluding carboxylic acids is 2. The number of hydrogen-bond donors (Lipinski definition) is 3. The van der Waals surface area contributed by atoms with Crippen LogP contribution in [0.1, 0.15) is 46.5 Å². The first-order valence-corrected chi connectivity index (χ1v) is 10.6. The minimum Gasteiger partial charge on any atom is -0.391 e. The van der Waals surface area contributed by atoms with Crippen molar-refractivity contribution in [3.8, 4) is 0 Å². The molecule has 4 aliphatic carbocycles. The molecule has 0 spiro atoms. The Morgan fingerprint density at radius 3 is 2.66 bits per heavy atom. The van der Waals surface area contributed by atoms with Gasteiger partial charge < -0.3 is 15.3 Å². The maximum atomic E-state index is 15.2. The van der Waals surface area contributed by atoms with E-state index in [1.807, 2.05) is 0 Å². The highest BCUT2D eigenvalue weighted by Crippen LogP contribution is 2.71. The van der Waals surface area contributed by atoms with Crippen LogP contribution in [0.4, 0.5) is 4.39 Å². The van der Waals surface area contributed by atoms with Crippen LogP contribution in [-0.2, 0) is 9.59 Å². The Bertz CT molecular complexity index is 854. The average molecular weight is 427 g/mol. The van der Waals surface area contributed by atoms with Gasteiger partial charge in [0.05, 0.1) is 11.0 Å². The van der Waals surface area contributed by atoms with Crippen molar-refractivity contribution >= 4 is 23.2 Å². The van der Waals surface area contributed by atoms with Crippen molar-refractivity contribution in [3.63, 3.8) is 0 Å². The number of allylic oxidation sites excluding steroid dienone is 4. The molecule has 0 saturated heterocycles. The van der Waals surface area contributed by atoms with E-state index in [-0.39, 0.29) is 30.1 Å². The Morgan fingerprint density at radius 2 is 2.03 bits per heavy atom. The van der Waals surface area contributed by atoms with E-state index < -0.39 is 57.5 Å². The van der Waals surface area contributed by atoms with Crippen molar-refractivity contribution in [3.05, 3.63) is 23.6 Å². The predicted octanol–water partition coefficient (Wildman–Crippen LogP) is 2.46. The molecule has 0 unspecified atom stereocenters. The molecule has 0 aromatic carbocycles. The van der Waals surface area contributed by atoms with Gasteiger partial charge in [-0.05, 0) is 48.8 Å². The molecule has 0 bridgehead atoms. The van der Waals surface area contributed by atoms with E-state index >= 15 is 4.39 Å². The van der Waals surface area contributed by atoms with E-state index in [2.05, 4.69) is 0 Å². The van der Waals surface area contributed by atoms with Gasteiger partial charge >= 0.3 is 0 Å². The van der Waals surface area contributed by atoms with Gasteiger partial charge in [-0.2, -0.15) is 0 Å². The van der Waals surface area contributed by atoms with Gasteiger partial charge in [-0.25, -0.2) is 4.39 Å². The average Bonchev–Trinajstić information content (AvgIpc) is 2.86. The minimum absolute atomic E-state index is 0.0521. The maximum absolute atomic E-state index is 15.2. The predicted molar refractivity (Wildman–Crippen MR) is 105 cm³/mol. The number of alkyl halides is 1. The Kier molecular flexibility index (Phi) is 4.54. The molecule has 5 nitrogen and oxygen atoms in total. The van der Waals surface area contributed by atoms with Gasteiger partial charge in [0.2, 0.25) is 0 Å². The lowest BCUT2D eigenvalue weighted by molar-refractivity contribution is -0.176. The molecule has 0 aromatic heterocycles. The highest BCUT2D eigenvalue weighted by Gasteiger charge is 2.74. The van der Waals surface area contributed by atoms with Crippen LogP contribution in [0.25, 0.3) is 0 Å². The monoisotopic (exact) mass is 426 g/mol. The van der Waals surface area contributed by atoms with Crippen LogP contribution in [0.15, 0.2) is 23.6 Å². The number of aliphatic hydroxyl groups excluding tert-OH is 2. The third-order valence-corrected chi connectivity index (χ3v) is 9.72. The zero-order valence-corrected chi connectivity index (χ0v) is 17.7. The standard InChI is InChI=1S/C22H28ClFO5/c1-11-6-13-14-8-16(24)15-7-12(26)4-5-19(15,2)21(14,23)17(27)9-20(13,3)22(11,29)18(28)10-25/h7-8,11,13-14,17,25,27,29H,4-6,9-10H2,1-3H3/t11-,13+,14+,17+,19+,20+,21+,22+/m1/s1. The van der Waals surface area contributed by atoms with Gasteiger partial charge in [-0.15, -0.1) is 11.6 Å². The third kappa shape index (κ3) is 2.26. The fourth-order valence-electron chi connectivity index (χ4n) is 7.14. The summed E-state index contributed by atoms with van der Waals surface area (Å²) >= 11 is 7.21. The van der Waals surface area contributed by atoms with Gasteiger partial charge in [0, 0.05) is 23.2 Å². The summed E-state index contributed by atoms with van der Waals surface area (Å²) in [4.78, 5) is 23.3. The van der Waals surface area contributed by atoms with Crippen molar-refractivity contribution in [1.29, 1.82) is 0 Å². The van der Waals surface area contributed by atoms with Crippen LogP contribution in [0, 0.1) is 28.6 Å². The zero-order chi connectivity index (χ0) is 21.6. The molecule has 0 amide bonds. The quantitative estimate of drug-likeness (QED) is 0.589. The number of aliphatic hydroxyl groups is 3. The van der Waals surface area contributed by atoms with Crippen molar-refractivity contribution < 1.29 is 29.3 Å². The molecule has 2 fully saturated rings. The number of carbonyl (C=O) groups is 2. The molecule has 0 aliphatic heterocycles. The normalized spacial score (nSPS) is 51.5. The number of ketones is 2. The lowest BCUT2D eigenvalue weighted by atomic mass is 9.46. The molecule has 0 radical (unpaired) electrons. The SMILES string of the molecule is C[C@@H]1C[C@H]2[C@@H]3C=C(F)C4=CC(=O)CC[C@]4(C)[C@@]3(Cl)[C@@H](O)C[C@]2(C)[C@@]1(O)C(=O)CO. The van der Waals surface area contributed by atoms with Crippen LogP contribution in [0.2, 0.25) is 0 Å². The Hall–Kier alpha value is -1.08. The fourth-order valence-corrected chi connectivity index (χ4v) is 7.63. The molecule has 4 aliphatic rings. The summed E-state index contributed by atoms with van der Waals surface area (Å²) in [6, 6.07) is 0. The van der Waals surface area contributed by atoms with Crippen molar-refractivity contribution in [2.24, 2.45) is 28.6 Å². The second kappa shape index (κ2) is 6.22. The molecule has 0 heterocycles. The van der Waals surface area contributed by atoms with Crippen molar-refractivity contribution in [2.75, 3.05) is 6.61 Å². The molecule has 160 valence electrons. The molecule has 4 rings (SSSR count). The summed E-state index contributed by atoms with van der Waals surface area (Å²) in [5, 5.41) is 32.2. The van der Waals surface area contributed by atoms with E-state index in [4.69, 9.17) is 11.6 Å². The molecule has 0 aromatic rings. The molecule has 3 N–H and O–H groups in total. The maximum Gasteiger partial charge on any atom is 0.190 e. The minimum atomic E-state index is -1.82. The Morgan fingerprint density at radius 1 is 1.38 bits per heavy atom. The molecule has 7 heteroatoms. The lowest BCUT2D eigenvalue weighted by Crippen LogP contribution is -2.68. The van der Waals surface area contributed by atoms with Crippen molar-refractivity contribution in [2.45, 2.75) is 63.0 Å². The Balaban J connectivity index is 1.91. The smallest absolute Gasteiger partial charge is 0.190 e. The van der Waals surface area contributed by atoms with E-state index in [1.54, 1.807) is 20.8 Å². The lowest BCUT2D eigenvalue weighted by Gasteiger charge is -2.63. The summed E-state index contributed by atoms with van der Waals surface area (Å²) < 4.78 is 15.2. The van der Waals surface area contributed by atoms with Gasteiger partial charge in [0.1, 0.15) is 18.0 Å². The van der Waals surface area contributed by atoms with Gasteiger partial charge in [0.15, 0.2) is 11.6 Å². The second-order valence-corrected chi connectivity index (χ2v) is 10.5. The summed E-state index contributed by atoms with van der Waals surface area (Å²) in [7, 11) is 0. The summed E-state index contributed by atoms with van der Waals surface area (Å²) in [6.07, 6.45) is 2.58. The summed E-state index contributed by atoms with van der Waals surface area (Å²) in [5.41, 5.74) is -3.60. The molecular weight excluding hydrogens is 399 g/mol. The van der Waals surface area contributed by atoms with E-state index in [1.165, 1.54) is 12.2 Å². The third-order valence-electron chi connectivity index (χ3n) is 8.80. The van der Waals surface area contributed by atoms with Gasteiger partial charge in [-0.3, -0.25) is 9.59 Å². The van der Waals surface area contributed by atoms with Gasteiger partial charge in [0.25, 0.3) is 0 Å². The zero-order valence-electron chi connectivity index (χ0n) is 16.9. The largest absolute Gasteiger partial charge is 0.391 e. The van der Waals surface area contributed by atoms with Crippen LogP contribution in [-0.4, -0.2) is 50.1 Å². The number of rotatable bonds is 2. The first-order chi connectivity index (χ1) is 13.4. The molecule has 29 heavy (non-hydrogen) atoms. The summed E-state index contributed by atoms with van der Waals surface area (Å²) in [5.74, 6) is -2.82. The van der Waals surface area contributed by atoms with Crippen LogP contribution < -0.4 is 0 Å². The van der Waals surface area contributed by atoms with Crippen LogP contribution in [0.3, 0.4) is 0 Å². The molecule has 8 atom stereocenters. The fraction of sp³-hybridized carbons (Fsp3) is 0.727. The van der Waals surface area contributed by atoms with Crippen LogP contribution >= 0.6 is 11.6 Å². The molecule has 2 saturated carbocycles. The number of Topliss-reactive ketones (excluding diaryl/α,β-unsaturated/α-hetero) is 1. The topological polar surface area (TPSA) is 94.8 Å². The highest BCUT2D eigenvalue weighted by atomic mass is 35.5. The van der Waals surface area contributed by atoms with E-state index in [0.717, 1.165) is 0 Å². The highest BCUT2D eigenvalue weighted by molar-refractivity contribution is 6.26. The first kappa shape index (κ1) is 21.2. The van der Waals surface area contributed by atoms with E-state index in [9.17, 15) is 24.9 Å². The van der Waals surface area contributed by atoms with Crippen LogP contribution in [0.5, 0.6) is 0 Å². The number of fused-ring (bicyclic) bond motifs is 5. The number of halogens is 2. The first-order valence-electron chi connectivity index (χ1n) is 10.2. The van der Waals surface area contributed by atoms with Crippen molar-refractivity contribution in [1.82, 2.24) is 0 Å². The Labute approximate surface area is 174 Å². The number of hydrogen-bond acceptors (Lipinski definition) is 5. The van der Waals surface area contributed by atoms with Gasteiger partial charge in [-0.1, -0.05) is 20.8 Å². The summed E-state index contributed by atoms with van der Waals surface area (Å²) in [6.45, 7) is 4.48.